The van der Waals surface area contributed by atoms with Crippen molar-refractivity contribution in [2.24, 2.45) is 5.92 Å². The Morgan fingerprint density at radius 3 is 1.86 bits per heavy atom. The smallest absolute Gasteiger partial charge is 0.331 e. The minimum atomic E-state index is -1.96. The maximum Gasteiger partial charge on any atom is 0.331 e. The minimum Gasteiger partial charge on any atom is -0.456 e. The average molecular weight is 1340 g/mol. The summed E-state index contributed by atoms with van der Waals surface area (Å²) in [6.07, 6.45) is -24.6. The van der Waals surface area contributed by atoms with Crippen molar-refractivity contribution in [2.75, 3.05) is 6.61 Å². The van der Waals surface area contributed by atoms with E-state index in [2.05, 4.69) is 6.92 Å². The zero-order chi connectivity index (χ0) is 68.2. The van der Waals surface area contributed by atoms with Gasteiger partial charge in [0.2, 0.25) is 0 Å². The molecule has 6 heterocycles. The first kappa shape index (κ1) is 77.5. The molecule has 1 aromatic carbocycles. The van der Waals surface area contributed by atoms with Crippen molar-refractivity contribution < 1.29 is 126 Å². The molecule has 6 aliphatic heterocycles. The van der Waals surface area contributed by atoms with E-state index in [4.69, 9.17) is 66.3 Å². The summed E-state index contributed by atoms with van der Waals surface area (Å²) in [5.74, 6) is -3.70. The molecule has 8 N–H and O–H groups in total. The maximum absolute atomic E-state index is 14.4. The Morgan fingerprint density at radius 2 is 1.16 bits per heavy atom. The lowest BCUT2D eigenvalue weighted by Crippen LogP contribution is -2.68. The van der Waals surface area contributed by atoms with Crippen molar-refractivity contribution in [1.82, 2.24) is 0 Å². The fourth-order valence-electron chi connectivity index (χ4n) is 12.7. The summed E-state index contributed by atoms with van der Waals surface area (Å²) < 4.78 is 89.1. The van der Waals surface area contributed by atoms with Crippen molar-refractivity contribution in [3.8, 4) is 0 Å². The highest BCUT2D eigenvalue weighted by Crippen LogP contribution is 2.40. The lowest BCUT2D eigenvalue weighted by Gasteiger charge is -2.51. The number of fused-ring (bicyclic) bond motifs is 3. The number of hydrogen-bond acceptors (Lipinski definition) is 26. The van der Waals surface area contributed by atoms with Crippen molar-refractivity contribution in [3.05, 3.63) is 42.0 Å². The van der Waals surface area contributed by atoms with E-state index in [1.54, 1.807) is 44.2 Å². The standard InChI is InChI=1S/C68H108O26/c1-9-12-14-18-26-33-46(71)89-62-61(94-64-52(77)50(75)48(73)38(5)81-64)57(91-65-53(78)58(55(39(6)82-65)90-63(80)37(4)11-3)88-47(72)35-34-42-28-23-21-24-29-42)41(8)84-68(62)92-56-40(7)83-66-54(79)59(56)87-45(70)32-27-20-17-15-16-19-25-31-43(30-22-13-10-2)85-67-60(93-66)51(76)49(74)44(36-69)86-67/h21,23-24,28-29,34-35,37-41,43-44,48-62,64-69,73-79H,9-20,22,25-27,30-33,36H2,1-8H3/b35-34+/t37-,38-,39-,40-,41-,43-,44+,48-,49+,50+,51-,52+,53+,54+,55-,56-,57-,58-,59-,60+,61+,62+,64-,65-,66-,67+,68-/m0/s1. The summed E-state index contributed by atoms with van der Waals surface area (Å²) in [7, 11) is 0. The van der Waals surface area contributed by atoms with Crippen molar-refractivity contribution in [3.63, 3.8) is 0 Å². The van der Waals surface area contributed by atoms with Crippen LogP contribution in [0.25, 0.3) is 6.08 Å². The lowest BCUT2D eigenvalue weighted by atomic mass is 9.95. The second-order valence-corrected chi connectivity index (χ2v) is 26.1. The summed E-state index contributed by atoms with van der Waals surface area (Å²) in [6.45, 7) is 12.9. The second kappa shape index (κ2) is 38.5. The Balaban J connectivity index is 1.26. The first-order valence-electron chi connectivity index (χ1n) is 34.5. The fraction of sp³-hybridized carbons (Fsp3) is 0.824. The van der Waals surface area contributed by atoms with Crippen LogP contribution in [0.2, 0.25) is 0 Å². The molecule has 2 bridgehead atoms. The number of unbranched alkanes of at least 4 members (excludes halogenated alkanes) is 6. The summed E-state index contributed by atoms with van der Waals surface area (Å²) in [6, 6.07) is 8.86. The highest BCUT2D eigenvalue weighted by atomic mass is 16.8. The van der Waals surface area contributed by atoms with Crippen LogP contribution < -0.4 is 0 Å². The molecule has 0 aliphatic carbocycles. The fourth-order valence-corrected chi connectivity index (χ4v) is 12.7. The van der Waals surface area contributed by atoms with Crippen LogP contribution in [-0.4, -0.2) is 231 Å². The summed E-state index contributed by atoms with van der Waals surface area (Å²) in [5, 5.41) is 91.9. The van der Waals surface area contributed by atoms with Crippen LogP contribution in [0, 0.1) is 5.92 Å². The van der Waals surface area contributed by atoms with Gasteiger partial charge in [-0.25, -0.2) is 4.79 Å². The van der Waals surface area contributed by atoms with Gasteiger partial charge in [-0.15, -0.1) is 0 Å². The van der Waals surface area contributed by atoms with Gasteiger partial charge in [-0.3, -0.25) is 14.4 Å². The van der Waals surface area contributed by atoms with Crippen molar-refractivity contribution in [2.45, 2.75) is 343 Å². The molecule has 6 fully saturated rings. The van der Waals surface area contributed by atoms with Gasteiger partial charge >= 0.3 is 23.9 Å². The number of carbonyl (C=O) groups excluding carboxylic acids is 4. The molecule has 6 aliphatic rings. The van der Waals surface area contributed by atoms with Crippen molar-refractivity contribution in [1.29, 1.82) is 0 Å². The summed E-state index contributed by atoms with van der Waals surface area (Å²) >= 11 is 0. The largest absolute Gasteiger partial charge is 0.456 e. The molecular formula is C68H108O26. The molecule has 0 unspecified atom stereocenters. The number of ether oxygens (including phenoxy) is 14. The summed E-state index contributed by atoms with van der Waals surface area (Å²) in [5.41, 5.74) is 0.658. The van der Waals surface area contributed by atoms with E-state index in [0.717, 1.165) is 76.7 Å². The molecule has 26 nitrogen and oxygen atoms in total. The second-order valence-electron chi connectivity index (χ2n) is 26.1. The van der Waals surface area contributed by atoms with E-state index in [1.807, 2.05) is 6.92 Å². The van der Waals surface area contributed by atoms with Gasteiger partial charge in [0.05, 0.1) is 43.0 Å². The number of rotatable bonds is 24. The quantitative estimate of drug-likeness (QED) is 0.0292. The van der Waals surface area contributed by atoms with Crippen LogP contribution in [0.15, 0.2) is 36.4 Å². The molecule has 0 radical (unpaired) electrons. The Labute approximate surface area is 552 Å². The highest BCUT2D eigenvalue weighted by Gasteiger charge is 2.59. The minimum absolute atomic E-state index is 0.0672. The monoisotopic (exact) mass is 1340 g/mol. The molecule has 26 heteroatoms. The Bertz CT molecular complexity index is 2440. The maximum atomic E-state index is 14.4. The molecule has 27 atom stereocenters. The molecule has 536 valence electrons. The van der Waals surface area contributed by atoms with Gasteiger partial charge < -0.3 is 107 Å². The topological polar surface area (TPSA) is 359 Å². The highest BCUT2D eigenvalue weighted by molar-refractivity contribution is 5.87. The van der Waals surface area contributed by atoms with E-state index >= 15 is 0 Å². The van der Waals surface area contributed by atoms with Crippen molar-refractivity contribution >= 4 is 30.0 Å². The number of carbonyl (C=O) groups is 4. The molecule has 1 aromatic rings. The third kappa shape index (κ3) is 21.3. The molecular weight excluding hydrogens is 1230 g/mol. The third-order valence-electron chi connectivity index (χ3n) is 18.6. The molecule has 6 saturated heterocycles. The van der Waals surface area contributed by atoms with Crippen LogP contribution in [0.3, 0.4) is 0 Å². The van der Waals surface area contributed by atoms with Crippen LogP contribution >= 0.6 is 0 Å². The third-order valence-corrected chi connectivity index (χ3v) is 18.6. The molecule has 0 aromatic heterocycles. The first-order valence-corrected chi connectivity index (χ1v) is 34.5. The van der Waals surface area contributed by atoms with Gasteiger partial charge in [0.15, 0.2) is 55.9 Å². The van der Waals surface area contributed by atoms with Crippen LogP contribution in [0.5, 0.6) is 0 Å². The number of esters is 4. The van der Waals surface area contributed by atoms with Crippen LogP contribution in [0.1, 0.15) is 189 Å². The van der Waals surface area contributed by atoms with E-state index in [1.165, 1.54) is 33.8 Å². The zero-order valence-corrected chi connectivity index (χ0v) is 55.9. The van der Waals surface area contributed by atoms with Gasteiger partial charge in [0.25, 0.3) is 0 Å². The summed E-state index contributed by atoms with van der Waals surface area (Å²) in [4.78, 5) is 55.7. The van der Waals surface area contributed by atoms with E-state index in [-0.39, 0.29) is 18.9 Å². The van der Waals surface area contributed by atoms with Gasteiger partial charge in [-0.05, 0) is 71.4 Å². The Hall–Kier alpha value is -3.88. The molecule has 0 amide bonds. The molecule has 0 spiro atoms. The van der Waals surface area contributed by atoms with Gasteiger partial charge in [-0.2, -0.15) is 0 Å². The normalized spacial score (nSPS) is 39.4. The average Bonchev–Trinajstić information content (AvgIpc) is 0.770. The SMILES string of the molecule is CCCCCCCC(=O)O[C@H]1[C@H](O[C@@H]2[C@H]3OC(=O)CCCCCCCCC[C@H](CCCCC)O[C@@H]4O[C@H](CO)[C@@H](O)[C@H](O)[C@H]4O[C@H](O[C@H]2C)[C@@H]3O)O[C@@H](C)[C@H](O[C@@H]2O[C@@H](C)[C@H](OC(=O)[C@@H](C)CC)[C@@H](OC(=O)/C=C/c3ccccc3)[C@H]2O)[C@H]1O[C@@H]1O[C@@H](C)[C@H](O)[C@@H](O)[C@H]1O. The predicted molar refractivity (Wildman–Crippen MR) is 333 cm³/mol. The number of aliphatic hydroxyl groups is 8. The first-order chi connectivity index (χ1) is 45.1. The number of benzene rings is 1. The molecule has 7 rings (SSSR count). The van der Waals surface area contributed by atoms with Crippen LogP contribution in [0.4, 0.5) is 0 Å². The lowest BCUT2D eigenvalue weighted by molar-refractivity contribution is -0.400. The molecule has 0 saturated carbocycles. The molecule has 94 heavy (non-hydrogen) atoms. The van der Waals surface area contributed by atoms with Gasteiger partial charge in [-0.1, -0.05) is 141 Å². The number of hydrogen-bond donors (Lipinski definition) is 8. The van der Waals surface area contributed by atoms with Crippen LogP contribution in [-0.2, 0) is 85.5 Å². The van der Waals surface area contributed by atoms with Gasteiger partial charge in [0.1, 0.15) is 73.2 Å². The Kier molecular flexibility index (Phi) is 31.7. The van der Waals surface area contributed by atoms with Gasteiger partial charge in [0, 0.05) is 18.9 Å². The van der Waals surface area contributed by atoms with E-state index < -0.39 is 190 Å². The predicted octanol–water partition coefficient (Wildman–Crippen LogP) is 5.01. The van der Waals surface area contributed by atoms with E-state index in [0.29, 0.717) is 50.5 Å². The Morgan fingerprint density at radius 1 is 0.543 bits per heavy atom. The number of aliphatic hydroxyl groups excluding tert-OH is 8. The zero-order valence-electron chi connectivity index (χ0n) is 55.9. The van der Waals surface area contributed by atoms with E-state index in [9.17, 15) is 60.0 Å².